The number of amides is 1. The van der Waals surface area contributed by atoms with Crippen LogP contribution in [0.5, 0.6) is 0 Å². The molecule has 4 heteroatoms. The van der Waals surface area contributed by atoms with Gasteiger partial charge < -0.3 is 15.5 Å². The van der Waals surface area contributed by atoms with Crippen molar-refractivity contribution in [3.63, 3.8) is 0 Å². The maximum absolute atomic E-state index is 11.7. The number of nitrogens with one attached hydrogen (secondary N) is 1. The molecule has 0 saturated carbocycles. The Morgan fingerprint density at radius 3 is 2.75 bits per heavy atom. The molecule has 0 saturated heterocycles. The van der Waals surface area contributed by atoms with Crippen LogP contribution in [-0.4, -0.2) is 18.5 Å². The van der Waals surface area contributed by atoms with Gasteiger partial charge in [0.1, 0.15) is 5.76 Å². The summed E-state index contributed by atoms with van der Waals surface area (Å²) in [5.74, 6) is 0.753. The minimum Gasteiger partial charge on any atom is -0.469 e. The van der Waals surface area contributed by atoms with Crippen LogP contribution in [0.2, 0.25) is 0 Å². The molecule has 0 aliphatic carbocycles. The maximum atomic E-state index is 11.7. The van der Waals surface area contributed by atoms with Gasteiger partial charge in [0, 0.05) is 13.0 Å². The van der Waals surface area contributed by atoms with E-state index in [0.29, 0.717) is 13.0 Å². The molecule has 1 aromatic heterocycles. The van der Waals surface area contributed by atoms with Crippen LogP contribution < -0.4 is 11.1 Å². The van der Waals surface area contributed by atoms with Crippen LogP contribution in [-0.2, 0) is 11.2 Å². The standard InChI is InChI=1S/C12H20N2O2/c1-12(2,3)10(13)11(15)14-7-6-9-5-4-8-16-9/h4-5,8,10H,6-7,13H2,1-3H3,(H,14,15)/t10-/m0/s1. The number of carbonyl (C=O) groups is 1. The summed E-state index contributed by atoms with van der Waals surface area (Å²) in [6.07, 6.45) is 2.31. The zero-order chi connectivity index (χ0) is 12.2. The monoisotopic (exact) mass is 224 g/mol. The minimum absolute atomic E-state index is 0.112. The molecule has 1 heterocycles. The fourth-order valence-electron chi connectivity index (χ4n) is 1.27. The van der Waals surface area contributed by atoms with Crippen molar-refractivity contribution < 1.29 is 9.21 Å². The molecule has 0 aromatic carbocycles. The lowest BCUT2D eigenvalue weighted by Gasteiger charge is -2.25. The SMILES string of the molecule is CC(C)(C)[C@@H](N)C(=O)NCCc1ccco1. The molecule has 90 valence electrons. The molecule has 0 unspecified atom stereocenters. The van der Waals surface area contributed by atoms with E-state index in [4.69, 9.17) is 10.2 Å². The van der Waals surface area contributed by atoms with E-state index in [2.05, 4.69) is 5.32 Å². The zero-order valence-electron chi connectivity index (χ0n) is 10.1. The molecule has 0 aliphatic heterocycles. The lowest BCUT2D eigenvalue weighted by molar-refractivity contribution is -0.124. The molecule has 4 nitrogen and oxygen atoms in total. The van der Waals surface area contributed by atoms with Gasteiger partial charge >= 0.3 is 0 Å². The average molecular weight is 224 g/mol. The second kappa shape index (κ2) is 5.16. The highest BCUT2D eigenvalue weighted by Gasteiger charge is 2.26. The number of hydrogen-bond acceptors (Lipinski definition) is 3. The molecular formula is C12H20N2O2. The van der Waals surface area contributed by atoms with Crippen molar-refractivity contribution in [2.24, 2.45) is 11.1 Å². The number of rotatable bonds is 4. The molecular weight excluding hydrogens is 204 g/mol. The van der Waals surface area contributed by atoms with Gasteiger partial charge in [0.05, 0.1) is 12.3 Å². The Labute approximate surface area is 96.2 Å². The van der Waals surface area contributed by atoms with Gasteiger partial charge in [-0.05, 0) is 17.5 Å². The summed E-state index contributed by atoms with van der Waals surface area (Å²) >= 11 is 0. The topological polar surface area (TPSA) is 68.3 Å². The molecule has 0 aliphatic rings. The fourth-order valence-corrected chi connectivity index (χ4v) is 1.27. The van der Waals surface area contributed by atoms with Crippen molar-refractivity contribution in [3.05, 3.63) is 24.2 Å². The van der Waals surface area contributed by atoms with Crippen molar-refractivity contribution in [1.29, 1.82) is 0 Å². The van der Waals surface area contributed by atoms with Crippen molar-refractivity contribution in [3.8, 4) is 0 Å². The Morgan fingerprint density at radius 2 is 2.25 bits per heavy atom. The van der Waals surface area contributed by atoms with Crippen LogP contribution in [0.25, 0.3) is 0 Å². The first-order valence-corrected chi connectivity index (χ1v) is 5.47. The molecule has 3 N–H and O–H groups in total. The van der Waals surface area contributed by atoms with Crippen molar-refractivity contribution in [2.45, 2.75) is 33.2 Å². The van der Waals surface area contributed by atoms with Gasteiger partial charge in [-0.2, -0.15) is 0 Å². The molecule has 0 radical (unpaired) electrons. The average Bonchev–Trinajstić information content (AvgIpc) is 2.67. The first kappa shape index (κ1) is 12.8. The second-order valence-corrected chi connectivity index (χ2v) is 4.96. The zero-order valence-corrected chi connectivity index (χ0v) is 10.1. The van der Waals surface area contributed by atoms with E-state index in [1.165, 1.54) is 0 Å². The van der Waals surface area contributed by atoms with Crippen LogP contribution in [0, 0.1) is 5.41 Å². The normalized spacial score (nSPS) is 13.5. The highest BCUT2D eigenvalue weighted by Crippen LogP contribution is 2.17. The van der Waals surface area contributed by atoms with E-state index in [1.54, 1.807) is 6.26 Å². The second-order valence-electron chi connectivity index (χ2n) is 4.96. The molecule has 1 atom stereocenters. The fraction of sp³-hybridized carbons (Fsp3) is 0.583. The minimum atomic E-state index is -0.482. The predicted molar refractivity (Wildman–Crippen MR) is 62.9 cm³/mol. The van der Waals surface area contributed by atoms with E-state index in [9.17, 15) is 4.79 Å². The van der Waals surface area contributed by atoms with Gasteiger partial charge in [-0.15, -0.1) is 0 Å². The van der Waals surface area contributed by atoms with Crippen LogP contribution in [0.4, 0.5) is 0 Å². The number of nitrogens with two attached hydrogens (primary N) is 1. The highest BCUT2D eigenvalue weighted by molar-refractivity contribution is 5.82. The predicted octanol–water partition coefficient (Wildman–Crippen LogP) is 1.31. The molecule has 1 aromatic rings. The first-order chi connectivity index (χ1) is 7.41. The summed E-state index contributed by atoms with van der Waals surface area (Å²) in [4.78, 5) is 11.7. The van der Waals surface area contributed by atoms with Crippen LogP contribution >= 0.6 is 0 Å². The molecule has 1 rings (SSSR count). The Morgan fingerprint density at radius 1 is 1.56 bits per heavy atom. The summed E-state index contributed by atoms with van der Waals surface area (Å²) in [7, 11) is 0. The third-order valence-corrected chi connectivity index (χ3v) is 2.47. The van der Waals surface area contributed by atoms with E-state index >= 15 is 0 Å². The summed E-state index contributed by atoms with van der Waals surface area (Å²) in [6, 6.07) is 3.23. The third-order valence-electron chi connectivity index (χ3n) is 2.47. The van der Waals surface area contributed by atoms with Crippen LogP contribution in [0.1, 0.15) is 26.5 Å². The molecule has 16 heavy (non-hydrogen) atoms. The molecule has 0 bridgehead atoms. The van der Waals surface area contributed by atoms with E-state index in [1.807, 2.05) is 32.9 Å². The Hall–Kier alpha value is -1.29. The Balaban J connectivity index is 2.30. The van der Waals surface area contributed by atoms with Gasteiger partial charge in [-0.25, -0.2) is 0 Å². The van der Waals surface area contributed by atoms with E-state index in [-0.39, 0.29) is 11.3 Å². The lowest BCUT2D eigenvalue weighted by Crippen LogP contribution is -2.48. The number of furan rings is 1. The Bertz CT molecular complexity index is 325. The molecule has 0 spiro atoms. The maximum Gasteiger partial charge on any atom is 0.237 e. The van der Waals surface area contributed by atoms with Gasteiger partial charge in [0.15, 0.2) is 0 Å². The lowest BCUT2D eigenvalue weighted by atomic mass is 9.87. The first-order valence-electron chi connectivity index (χ1n) is 5.47. The summed E-state index contributed by atoms with van der Waals surface area (Å²) in [6.45, 7) is 6.40. The van der Waals surface area contributed by atoms with Crippen molar-refractivity contribution in [1.82, 2.24) is 5.32 Å². The summed E-state index contributed by atoms with van der Waals surface area (Å²) in [5, 5.41) is 2.80. The summed E-state index contributed by atoms with van der Waals surface area (Å²) in [5.41, 5.74) is 5.60. The van der Waals surface area contributed by atoms with Gasteiger partial charge in [-0.3, -0.25) is 4.79 Å². The summed E-state index contributed by atoms with van der Waals surface area (Å²) < 4.78 is 5.16. The van der Waals surface area contributed by atoms with Crippen LogP contribution in [0.15, 0.2) is 22.8 Å². The van der Waals surface area contributed by atoms with Gasteiger partial charge in [0.25, 0.3) is 0 Å². The van der Waals surface area contributed by atoms with Gasteiger partial charge in [0.2, 0.25) is 5.91 Å². The van der Waals surface area contributed by atoms with Crippen LogP contribution in [0.3, 0.4) is 0 Å². The molecule has 0 fully saturated rings. The smallest absolute Gasteiger partial charge is 0.237 e. The van der Waals surface area contributed by atoms with Gasteiger partial charge in [-0.1, -0.05) is 20.8 Å². The quantitative estimate of drug-likeness (QED) is 0.810. The van der Waals surface area contributed by atoms with E-state index < -0.39 is 6.04 Å². The molecule has 1 amide bonds. The number of hydrogen-bond donors (Lipinski definition) is 2. The number of carbonyl (C=O) groups excluding carboxylic acids is 1. The van der Waals surface area contributed by atoms with E-state index in [0.717, 1.165) is 5.76 Å². The van der Waals surface area contributed by atoms with Crippen molar-refractivity contribution >= 4 is 5.91 Å². The highest BCUT2D eigenvalue weighted by atomic mass is 16.3. The largest absolute Gasteiger partial charge is 0.469 e. The van der Waals surface area contributed by atoms with Crippen molar-refractivity contribution in [2.75, 3.05) is 6.54 Å². The Kier molecular flexibility index (Phi) is 4.12. The third kappa shape index (κ3) is 3.70.